The van der Waals surface area contributed by atoms with Gasteiger partial charge in [-0.05, 0) is 57.8 Å². The molecule has 0 heterocycles. The van der Waals surface area contributed by atoms with Gasteiger partial charge in [-0.3, -0.25) is 9.36 Å². The summed E-state index contributed by atoms with van der Waals surface area (Å²) in [5, 5.41) is 13.9. The van der Waals surface area contributed by atoms with Crippen LogP contribution in [0.25, 0.3) is 0 Å². The van der Waals surface area contributed by atoms with Crippen molar-refractivity contribution >= 4 is 13.7 Å². The number of hydrogen-bond acceptors (Lipinski definition) is 6. The summed E-state index contributed by atoms with van der Waals surface area (Å²) in [6.45, 7) is 4.67. The Morgan fingerprint density at radius 2 is 0.767 bits per heavy atom. The van der Waals surface area contributed by atoms with Gasteiger partial charge in [0.25, 0.3) is 7.82 Å². The number of phosphoric ester groups is 1. The Morgan fingerprint density at radius 3 is 1.11 bits per heavy atom. The van der Waals surface area contributed by atoms with E-state index in [2.05, 4.69) is 43.5 Å². The van der Waals surface area contributed by atoms with E-state index >= 15 is 0 Å². The maximum atomic E-state index is 13.0. The first-order valence-electron chi connectivity index (χ1n) is 31.9. The molecule has 0 aliphatic rings. The lowest BCUT2D eigenvalue weighted by Gasteiger charge is -2.29. The monoisotopic (exact) mass is 1050 g/mol. The predicted molar refractivity (Wildman–Crippen MR) is 316 cm³/mol. The van der Waals surface area contributed by atoms with Crippen molar-refractivity contribution in [2.45, 2.75) is 328 Å². The fraction of sp³-hybridized carbons (Fsp3) is 0.891. The van der Waals surface area contributed by atoms with E-state index in [1.54, 1.807) is 6.08 Å². The Bertz CT molecular complexity index is 1280. The quantitative estimate of drug-likeness (QED) is 0.0272. The molecule has 0 saturated heterocycles. The van der Waals surface area contributed by atoms with Crippen LogP contribution in [0.3, 0.4) is 0 Å². The van der Waals surface area contributed by atoms with E-state index in [-0.39, 0.29) is 19.1 Å². The summed E-state index contributed by atoms with van der Waals surface area (Å²) >= 11 is 0. The lowest BCUT2D eigenvalue weighted by atomic mass is 10.0. The number of phosphoric acid groups is 1. The zero-order chi connectivity index (χ0) is 53.5. The topological polar surface area (TPSA) is 108 Å². The molecule has 0 rings (SSSR count). The van der Waals surface area contributed by atoms with Gasteiger partial charge < -0.3 is 28.8 Å². The molecule has 3 unspecified atom stereocenters. The number of unbranched alkanes of at least 4 members (excludes halogenated alkanes) is 42. The summed E-state index contributed by atoms with van der Waals surface area (Å²) < 4.78 is 23.4. The number of nitrogens with one attached hydrogen (secondary N) is 1. The van der Waals surface area contributed by atoms with Crippen molar-refractivity contribution in [1.82, 2.24) is 5.32 Å². The zero-order valence-corrected chi connectivity index (χ0v) is 50.3. The third-order valence-corrected chi connectivity index (χ3v) is 15.5. The number of rotatable bonds is 59. The highest BCUT2D eigenvalue weighted by atomic mass is 31.2. The first-order valence-corrected chi connectivity index (χ1v) is 33.3. The number of aliphatic hydroxyl groups is 1. The molecule has 9 heteroatoms. The fourth-order valence-corrected chi connectivity index (χ4v) is 10.3. The number of amides is 1. The van der Waals surface area contributed by atoms with Gasteiger partial charge in [0, 0.05) is 6.42 Å². The van der Waals surface area contributed by atoms with Crippen LogP contribution in [-0.2, 0) is 18.4 Å². The van der Waals surface area contributed by atoms with Gasteiger partial charge in [-0.1, -0.05) is 288 Å². The second-order valence-electron chi connectivity index (χ2n) is 23.1. The lowest BCUT2D eigenvalue weighted by molar-refractivity contribution is -0.870. The molecule has 0 aromatic heterocycles. The highest BCUT2D eigenvalue weighted by Crippen LogP contribution is 2.38. The van der Waals surface area contributed by atoms with E-state index in [1.165, 1.54) is 257 Å². The molecule has 0 bridgehead atoms. The summed E-state index contributed by atoms with van der Waals surface area (Å²) in [5.74, 6) is -0.201. The fourth-order valence-electron chi connectivity index (χ4n) is 9.58. The molecular weight excluding hydrogens is 924 g/mol. The molecule has 0 aliphatic carbocycles. The average Bonchev–Trinajstić information content (AvgIpc) is 3.35. The number of carbonyl (C=O) groups is 1. The molecule has 0 saturated carbocycles. The smallest absolute Gasteiger partial charge is 0.268 e. The third-order valence-electron chi connectivity index (χ3n) is 14.6. The van der Waals surface area contributed by atoms with Gasteiger partial charge >= 0.3 is 0 Å². The second kappa shape index (κ2) is 55.5. The minimum absolute atomic E-state index is 0.00460. The minimum Gasteiger partial charge on any atom is -0.756 e. The predicted octanol–water partition coefficient (Wildman–Crippen LogP) is 19.1. The molecule has 432 valence electrons. The number of allylic oxidation sites excluding steroid dienone is 5. The molecule has 0 aromatic carbocycles. The average molecular weight is 1050 g/mol. The van der Waals surface area contributed by atoms with Crippen LogP contribution in [0.15, 0.2) is 36.5 Å². The van der Waals surface area contributed by atoms with Crippen LogP contribution in [0.2, 0.25) is 0 Å². The van der Waals surface area contributed by atoms with Gasteiger partial charge in [0.15, 0.2) is 0 Å². The van der Waals surface area contributed by atoms with Crippen molar-refractivity contribution in [3.8, 4) is 0 Å². The molecule has 2 N–H and O–H groups in total. The van der Waals surface area contributed by atoms with Crippen LogP contribution < -0.4 is 10.2 Å². The van der Waals surface area contributed by atoms with Crippen LogP contribution in [0.5, 0.6) is 0 Å². The standard InChI is InChI=1S/C64H125N2O6P/c1-6-8-10-12-14-16-18-20-22-24-26-27-28-29-30-31-32-33-34-35-36-37-38-39-40-42-44-46-48-50-52-54-56-58-64(68)65-62(61-72-73(69,70)71-60-59-66(3,4)5)63(67)57-55-53-51-49-47-45-43-41-25-23-21-19-17-15-13-11-9-7-2/h24,26,47,49,55,57,62-63,67H,6-23,25,27-46,48,50-54,56,58-61H2,1-5H3,(H-,65,68,69,70)/b26-24-,49-47+,57-55+. The molecule has 73 heavy (non-hydrogen) atoms. The summed E-state index contributed by atoms with van der Waals surface area (Å²) in [7, 11) is 1.26. The van der Waals surface area contributed by atoms with Crippen molar-refractivity contribution in [3.05, 3.63) is 36.5 Å². The van der Waals surface area contributed by atoms with E-state index in [9.17, 15) is 19.4 Å². The number of quaternary nitrogens is 1. The Balaban J connectivity index is 4.04. The molecule has 0 fully saturated rings. The molecule has 0 aliphatic heterocycles. The molecule has 1 amide bonds. The van der Waals surface area contributed by atoms with Crippen molar-refractivity contribution in [1.29, 1.82) is 0 Å². The Kier molecular flexibility index (Phi) is 54.5. The molecule has 8 nitrogen and oxygen atoms in total. The van der Waals surface area contributed by atoms with Crippen LogP contribution in [0.1, 0.15) is 316 Å². The molecule has 0 radical (unpaired) electrons. The molecule has 3 atom stereocenters. The highest BCUT2D eigenvalue weighted by molar-refractivity contribution is 7.45. The summed E-state index contributed by atoms with van der Waals surface area (Å²) in [6.07, 6.45) is 72.5. The first-order chi connectivity index (χ1) is 35.5. The maximum Gasteiger partial charge on any atom is 0.268 e. The summed E-state index contributed by atoms with van der Waals surface area (Å²) in [6, 6.07) is -0.902. The Labute approximate surface area is 455 Å². The highest BCUT2D eigenvalue weighted by Gasteiger charge is 2.23. The number of hydrogen-bond donors (Lipinski definition) is 2. The normalized spacial score (nSPS) is 14.0. The molecule has 0 spiro atoms. The lowest BCUT2D eigenvalue weighted by Crippen LogP contribution is -2.45. The van der Waals surface area contributed by atoms with E-state index in [1.807, 2.05) is 27.2 Å². The van der Waals surface area contributed by atoms with Gasteiger partial charge in [-0.2, -0.15) is 0 Å². The largest absolute Gasteiger partial charge is 0.756 e. The van der Waals surface area contributed by atoms with E-state index < -0.39 is 20.0 Å². The van der Waals surface area contributed by atoms with Crippen LogP contribution in [0.4, 0.5) is 0 Å². The van der Waals surface area contributed by atoms with Crippen LogP contribution >= 0.6 is 7.82 Å². The number of carbonyl (C=O) groups excluding carboxylic acids is 1. The van der Waals surface area contributed by atoms with Gasteiger partial charge in [-0.15, -0.1) is 0 Å². The molecular formula is C64H125N2O6P. The van der Waals surface area contributed by atoms with Crippen molar-refractivity contribution in [3.63, 3.8) is 0 Å². The number of likely N-dealkylation sites (N-methyl/N-ethyl adjacent to an activating group) is 1. The van der Waals surface area contributed by atoms with Crippen molar-refractivity contribution in [2.75, 3.05) is 40.9 Å². The first kappa shape index (κ1) is 71.7. The van der Waals surface area contributed by atoms with Crippen LogP contribution in [-0.4, -0.2) is 68.5 Å². The summed E-state index contributed by atoms with van der Waals surface area (Å²) in [5.41, 5.74) is 0. The maximum absolute atomic E-state index is 13.0. The molecule has 0 aromatic rings. The minimum atomic E-state index is -4.60. The van der Waals surface area contributed by atoms with Crippen molar-refractivity contribution < 1.29 is 32.9 Å². The Morgan fingerprint density at radius 1 is 0.466 bits per heavy atom. The van der Waals surface area contributed by atoms with Gasteiger partial charge in [0.1, 0.15) is 13.2 Å². The zero-order valence-electron chi connectivity index (χ0n) is 49.4. The van der Waals surface area contributed by atoms with E-state index in [0.717, 1.165) is 38.5 Å². The van der Waals surface area contributed by atoms with E-state index in [0.29, 0.717) is 17.4 Å². The van der Waals surface area contributed by atoms with Crippen LogP contribution in [0, 0.1) is 0 Å². The number of aliphatic hydroxyl groups excluding tert-OH is 1. The third kappa shape index (κ3) is 58.2. The second-order valence-corrected chi connectivity index (χ2v) is 24.5. The summed E-state index contributed by atoms with van der Waals surface area (Å²) in [4.78, 5) is 25.5. The van der Waals surface area contributed by atoms with E-state index in [4.69, 9.17) is 9.05 Å². The van der Waals surface area contributed by atoms with Gasteiger partial charge in [-0.25, -0.2) is 0 Å². The Hall–Kier alpha value is -1.28. The SMILES string of the molecule is CCCCCCCCCC/C=C\CCCCCCCCCCCCCCCCCCCCCCCC(=O)NC(COP(=O)([O-])OCC[N+](C)(C)C)C(O)/C=C/CC/C=C/CCCCCCCCCCCCCC. The van der Waals surface area contributed by atoms with Gasteiger partial charge in [0.2, 0.25) is 5.91 Å². The van der Waals surface area contributed by atoms with Crippen molar-refractivity contribution in [2.24, 2.45) is 0 Å². The number of nitrogens with zero attached hydrogens (tertiary/aromatic N) is 1. The van der Waals surface area contributed by atoms with Gasteiger partial charge in [0.05, 0.1) is 39.9 Å².